The van der Waals surface area contributed by atoms with E-state index in [4.69, 9.17) is 0 Å². The van der Waals surface area contributed by atoms with E-state index in [9.17, 15) is 22.8 Å². The molecule has 1 aromatic heterocycles. The highest BCUT2D eigenvalue weighted by atomic mass is 32.2. The van der Waals surface area contributed by atoms with Crippen molar-refractivity contribution in [2.75, 3.05) is 18.4 Å². The summed E-state index contributed by atoms with van der Waals surface area (Å²) in [5.74, 6) is -1.13. The van der Waals surface area contributed by atoms with Crippen molar-refractivity contribution in [3.8, 4) is 0 Å². The van der Waals surface area contributed by atoms with Gasteiger partial charge in [-0.1, -0.05) is 42.5 Å². The van der Waals surface area contributed by atoms with E-state index in [0.717, 1.165) is 12.0 Å². The molecule has 11 nitrogen and oxygen atoms in total. The Balaban J connectivity index is 1.45. The molecular weight excluding hydrogens is 444 g/mol. The average Bonchev–Trinajstić information content (AvgIpc) is 3.22. The van der Waals surface area contributed by atoms with Gasteiger partial charge in [-0.25, -0.2) is 9.52 Å². The van der Waals surface area contributed by atoms with Gasteiger partial charge in [0, 0.05) is 32.5 Å². The Bertz CT molecular complexity index is 1080. The van der Waals surface area contributed by atoms with Gasteiger partial charge in [-0.3, -0.25) is 9.59 Å². The number of hydrogen-bond donors (Lipinski definition) is 3. The molecular formula is C18H22N6O5S2. The number of amides is 4. The maximum Gasteiger partial charge on any atom is 0.317 e. The summed E-state index contributed by atoms with van der Waals surface area (Å²) in [6.07, 6.45) is 0.729. The van der Waals surface area contributed by atoms with Crippen molar-refractivity contribution in [1.29, 1.82) is 0 Å². The molecule has 1 aromatic carbocycles. The summed E-state index contributed by atoms with van der Waals surface area (Å²) in [6, 6.07) is 7.58. The predicted octanol–water partition coefficient (Wildman–Crippen LogP) is 0.849. The van der Waals surface area contributed by atoms with Crippen molar-refractivity contribution in [3.05, 3.63) is 35.4 Å². The molecule has 13 heteroatoms. The molecule has 166 valence electrons. The Morgan fingerprint density at radius 2 is 1.87 bits per heavy atom. The highest BCUT2D eigenvalue weighted by Gasteiger charge is 2.24. The number of nitrogens with one attached hydrogen (secondary N) is 3. The first-order valence-electron chi connectivity index (χ1n) is 9.57. The van der Waals surface area contributed by atoms with Gasteiger partial charge in [-0.2, -0.15) is 8.42 Å². The first-order chi connectivity index (χ1) is 14.8. The maximum atomic E-state index is 12.3. The van der Waals surface area contributed by atoms with Gasteiger partial charge in [0.1, 0.15) is 0 Å². The summed E-state index contributed by atoms with van der Waals surface area (Å²) in [4.78, 5) is 37.3. The van der Waals surface area contributed by atoms with Gasteiger partial charge < -0.3 is 15.5 Å². The number of anilines is 1. The van der Waals surface area contributed by atoms with Gasteiger partial charge in [0.25, 0.3) is 14.4 Å². The first-order valence-corrected chi connectivity index (χ1v) is 11.9. The molecule has 0 bridgehead atoms. The Hall–Kier alpha value is -3.06. The van der Waals surface area contributed by atoms with Crippen molar-refractivity contribution < 1.29 is 22.8 Å². The molecule has 0 aliphatic carbocycles. The average molecular weight is 467 g/mol. The third-order valence-corrected chi connectivity index (χ3v) is 7.08. The van der Waals surface area contributed by atoms with Gasteiger partial charge in [-0.05, 0) is 17.5 Å². The van der Waals surface area contributed by atoms with Gasteiger partial charge in [0.15, 0.2) is 0 Å². The number of rotatable bonds is 7. The van der Waals surface area contributed by atoms with Crippen LogP contribution in [0.5, 0.6) is 0 Å². The van der Waals surface area contributed by atoms with E-state index in [0.29, 0.717) is 24.4 Å². The number of carbonyl (C=O) groups excluding carboxylic acids is 3. The fraction of sp³-hybridized carbons (Fsp3) is 0.389. The number of urea groups is 1. The van der Waals surface area contributed by atoms with E-state index in [1.807, 2.05) is 29.0 Å². The number of carbonyl (C=O) groups is 3. The van der Waals surface area contributed by atoms with Crippen LogP contribution in [-0.4, -0.2) is 54.5 Å². The molecule has 0 saturated carbocycles. The molecule has 31 heavy (non-hydrogen) atoms. The minimum atomic E-state index is -4.21. The van der Waals surface area contributed by atoms with Crippen LogP contribution >= 0.6 is 11.3 Å². The fourth-order valence-corrected chi connectivity index (χ4v) is 4.82. The van der Waals surface area contributed by atoms with Crippen LogP contribution in [0.2, 0.25) is 0 Å². The lowest BCUT2D eigenvalue weighted by molar-refractivity contribution is -0.119. The minimum Gasteiger partial charge on any atom is -0.337 e. The zero-order chi connectivity index (χ0) is 22.4. The molecule has 0 saturated heterocycles. The van der Waals surface area contributed by atoms with Crippen LogP contribution in [0.1, 0.15) is 30.9 Å². The van der Waals surface area contributed by atoms with E-state index in [2.05, 4.69) is 20.8 Å². The highest BCUT2D eigenvalue weighted by molar-refractivity contribution is 7.92. The lowest BCUT2D eigenvalue weighted by Crippen LogP contribution is -2.44. The molecule has 0 fully saturated rings. The number of benzene rings is 1. The second-order valence-electron chi connectivity index (χ2n) is 6.73. The van der Waals surface area contributed by atoms with E-state index < -0.39 is 20.3 Å². The monoisotopic (exact) mass is 466 g/mol. The molecule has 0 unspecified atom stereocenters. The molecule has 0 spiro atoms. The molecule has 4 amide bonds. The number of nitrogens with zero attached hydrogens (tertiary/aromatic N) is 3. The number of sulfonamides is 1. The highest BCUT2D eigenvalue weighted by Crippen LogP contribution is 2.20. The molecule has 0 atom stereocenters. The van der Waals surface area contributed by atoms with E-state index in [1.165, 1.54) is 5.56 Å². The van der Waals surface area contributed by atoms with Crippen molar-refractivity contribution >= 4 is 44.3 Å². The van der Waals surface area contributed by atoms with Gasteiger partial charge in [-0.15, -0.1) is 10.2 Å². The molecule has 3 N–H and O–H groups in total. The van der Waals surface area contributed by atoms with E-state index in [1.54, 1.807) is 11.8 Å². The van der Waals surface area contributed by atoms with Gasteiger partial charge in [0.05, 0.1) is 0 Å². The first kappa shape index (κ1) is 22.6. The number of aromatic nitrogens is 2. The molecule has 2 heterocycles. The van der Waals surface area contributed by atoms with Crippen LogP contribution in [0.4, 0.5) is 9.93 Å². The van der Waals surface area contributed by atoms with Crippen LogP contribution in [-0.2, 0) is 32.6 Å². The van der Waals surface area contributed by atoms with Crippen LogP contribution in [0.3, 0.4) is 0 Å². The van der Waals surface area contributed by atoms with Crippen molar-refractivity contribution in [3.63, 3.8) is 0 Å². The third-order valence-electron chi connectivity index (χ3n) is 4.50. The van der Waals surface area contributed by atoms with Gasteiger partial charge >= 0.3 is 6.03 Å². The second-order valence-corrected chi connectivity index (χ2v) is 9.56. The zero-order valence-corrected chi connectivity index (χ0v) is 18.4. The lowest BCUT2D eigenvalue weighted by atomic mass is 10.0. The van der Waals surface area contributed by atoms with Crippen molar-refractivity contribution in [2.24, 2.45) is 0 Å². The minimum absolute atomic E-state index is 0.0216. The largest absolute Gasteiger partial charge is 0.337 e. The van der Waals surface area contributed by atoms with Crippen LogP contribution in [0.15, 0.2) is 28.6 Å². The zero-order valence-electron chi connectivity index (χ0n) is 16.8. The molecule has 3 rings (SSSR count). The third kappa shape index (κ3) is 5.98. The summed E-state index contributed by atoms with van der Waals surface area (Å²) in [5, 5.41) is 12.1. The SMILES string of the molecule is CCC(=O)Nc1nnc(S(=O)(=O)NC(=O)CCNC(=O)N2CCc3ccccc3C2)s1. The van der Waals surface area contributed by atoms with Crippen molar-refractivity contribution in [2.45, 2.75) is 37.1 Å². The summed E-state index contributed by atoms with van der Waals surface area (Å²) >= 11 is 0.634. The molecule has 1 aliphatic heterocycles. The van der Waals surface area contributed by atoms with E-state index in [-0.39, 0.29) is 36.5 Å². The Kier molecular flexibility index (Phi) is 7.17. The topological polar surface area (TPSA) is 150 Å². The summed E-state index contributed by atoms with van der Waals surface area (Å²) in [6.45, 7) is 2.66. The lowest BCUT2D eigenvalue weighted by Gasteiger charge is -2.28. The Labute approximate surface area is 183 Å². The fourth-order valence-electron chi connectivity index (χ4n) is 2.88. The van der Waals surface area contributed by atoms with Crippen LogP contribution < -0.4 is 15.4 Å². The normalized spacial score (nSPS) is 13.3. The Morgan fingerprint density at radius 1 is 1.13 bits per heavy atom. The smallest absolute Gasteiger partial charge is 0.317 e. The van der Waals surface area contributed by atoms with E-state index >= 15 is 0 Å². The summed E-state index contributed by atoms with van der Waals surface area (Å²) in [5.41, 5.74) is 2.30. The van der Waals surface area contributed by atoms with Crippen molar-refractivity contribution in [1.82, 2.24) is 25.1 Å². The Morgan fingerprint density at radius 3 is 2.61 bits per heavy atom. The number of hydrogen-bond acceptors (Lipinski definition) is 8. The molecule has 1 aliphatic rings. The molecule has 2 aromatic rings. The molecule has 0 radical (unpaired) electrons. The quantitative estimate of drug-likeness (QED) is 0.512. The second kappa shape index (κ2) is 9.83. The van der Waals surface area contributed by atoms with Crippen LogP contribution in [0, 0.1) is 0 Å². The maximum absolute atomic E-state index is 12.3. The summed E-state index contributed by atoms with van der Waals surface area (Å²) in [7, 11) is -4.21. The number of fused-ring (bicyclic) bond motifs is 1. The van der Waals surface area contributed by atoms with Gasteiger partial charge in [0.2, 0.25) is 16.9 Å². The summed E-state index contributed by atoms with van der Waals surface area (Å²) < 4.78 is 25.9. The standard InChI is InChI=1S/C18H22N6O5S2/c1-2-14(25)20-16-21-22-18(30-16)31(28,29)23-15(26)7-9-19-17(27)24-10-8-12-5-3-4-6-13(12)11-24/h3-6H,2,7-11H2,1H3,(H,19,27)(H,23,26)(H,20,21,25). The van der Waals surface area contributed by atoms with Crippen LogP contribution in [0.25, 0.3) is 0 Å². The predicted molar refractivity (Wildman–Crippen MR) is 113 cm³/mol.